The Morgan fingerprint density at radius 3 is 2.63 bits per heavy atom. The van der Waals surface area contributed by atoms with Crippen LogP contribution in [-0.4, -0.2) is 19.2 Å². The number of thioether (sulfide) groups is 1. The number of thiocarbonyl (C=S) groups is 1. The van der Waals surface area contributed by atoms with Crippen LogP contribution in [0.15, 0.2) is 54.6 Å². The zero-order valence-corrected chi connectivity index (χ0v) is 11.7. The van der Waals surface area contributed by atoms with E-state index in [0.717, 1.165) is 20.8 Å². The quantitative estimate of drug-likeness (QED) is 0.689. The molecule has 5 heteroatoms. The maximum atomic E-state index is 5.42. The Morgan fingerprint density at radius 1 is 1.05 bits per heavy atom. The highest BCUT2D eigenvalue weighted by atomic mass is 32.2. The van der Waals surface area contributed by atoms with E-state index in [9.17, 15) is 0 Å². The van der Waals surface area contributed by atoms with E-state index < -0.39 is 0 Å². The van der Waals surface area contributed by atoms with Crippen LogP contribution in [0.2, 0.25) is 0 Å². The van der Waals surface area contributed by atoms with Gasteiger partial charge in [0.05, 0.1) is 15.6 Å². The summed E-state index contributed by atoms with van der Waals surface area (Å²) in [7, 11) is 0. The van der Waals surface area contributed by atoms with Crippen molar-refractivity contribution in [3.63, 3.8) is 0 Å². The van der Waals surface area contributed by atoms with Gasteiger partial charge in [-0.2, -0.15) is 0 Å². The maximum Gasteiger partial charge on any atom is 0.113 e. The smallest absolute Gasteiger partial charge is 0.113 e. The Labute approximate surface area is 120 Å². The monoisotopic (exact) mass is 285 g/mol. The summed E-state index contributed by atoms with van der Waals surface area (Å²) >= 11 is 7.01. The van der Waals surface area contributed by atoms with Gasteiger partial charge in [-0.3, -0.25) is 0 Å². The van der Waals surface area contributed by atoms with Crippen LogP contribution in [0.25, 0.3) is 11.0 Å². The van der Waals surface area contributed by atoms with Gasteiger partial charge in [0.25, 0.3) is 0 Å². The van der Waals surface area contributed by atoms with Gasteiger partial charge in [0.2, 0.25) is 0 Å². The van der Waals surface area contributed by atoms with E-state index in [0.29, 0.717) is 5.88 Å². The second-order valence-electron chi connectivity index (χ2n) is 4.00. The van der Waals surface area contributed by atoms with Gasteiger partial charge >= 0.3 is 0 Å². The second kappa shape index (κ2) is 5.50. The molecule has 0 aliphatic heterocycles. The first-order valence-electron chi connectivity index (χ1n) is 5.85. The Kier molecular flexibility index (Phi) is 3.57. The molecule has 0 N–H and O–H groups in total. The van der Waals surface area contributed by atoms with E-state index in [2.05, 4.69) is 10.3 Å². The van der Waals surface area contributed by atoms with Crippen LogP contribution in [-0.2, 0) is 5.88 Å². The van der Waals surface area contributed by atoms with Crippen molar-refractivity contribution in [1.29, 1.82) is 0 Å². The van der Waals surface area contributed by atoms with Crippen molar-refractivity contribution in [3.8, 4) is 0 Å². The van der Waals surface area contributed by atoms with Crippen molar-refractivity contribution in [1.82, 2.24) is 15.0 Å². The van der Waals surface area contributed by atoms with E-state index in [-0.39, 0.29) is 0 Å². The number of nitrogens with zero attached hydrogens (tertiary/aromatic N) is 3. The number of rotatable bonds is 3. The lowest BCUT2D eigenvalue weighted by molar-refractivity contribution is 0.724. The molecule has 0 atom stereocenters. The Morgan fingerprint density at radius 2 is 1.79 bits per heavy atom. The van der Waals surface area contributed by atoms with Crippen LogP contribution >= 0.6 is 24.0 Å². The fraction of sp³-hybridized carbons (Fsp3) is 0.0714. The number of benzene rings is 2. The molecule has 3 rings (SSSR count). The molecule has 1 aromatic heterocycles. The summed E-state index contributed by atoms with van der Waals surface area (Å²) in [5.74, 6) is 0.675. The molecular formula is C14H11N3S2. The summed E-state index contributed by atoms with van der Waals surface area (Å²) < 4.78 is 2.75. The van der Waals surface area contributed by atoms with Gasteiger partial charge in [-0.25, -0.2) is 4.68 Å². The third-order valence-electron chi connectivity index (χ3n) is 2.75. The average molecular weight is 285 g/mol. The Balaban J connectivity index is 1.75. The molecule has 0 saturated heterocycles. The molecular weight excluding hydrogens is 274 g/mol. The SMILES string of the molecule is S=C(SCn1nnc2ccccc21)c1ccccc1. The average Bonchev–Trinajstić information content (AvgIpc) is 2.89. The van der Waals surface area contributed by atoms with E-state index in [1.807, 2.05) is 59.3 Å². The molecule has 0 aliphatic rings. The van der Waals surface area contributed by atoms with Crippen LogP contribution < -0.4 is 0 Å². The second-order valence-corrected chi connectivity index (χ2v) is 5.63. The van der Waals surface area contributed by atoms with Gasteiger partial charge in [-0.15, -0.1) is 5.10 Å². The van der Waals surface area contributed by atoms with Crippen molar-refractivity contribution in [2.24, 2.45) is 0 Å². The Hall–Kier alpha value is -1.72. The van der Waals surface area contributed by atoms with Crippen LogP contribution in [0.1, 0.15) is 5.56 Å². The highest BCUT2D eigenvalue weighted by Gasteiger charge is 2.06. The summed E-state index contributed by atoms with van der Waals surface area (Å²) in [5, 5.41) is 8.27. The van der Waals surface area contributed by atoms with Crippen molar-refractivity contribution >= 4 is 39.2 Å². The summed E-state index contributed by atoms with van der Waals surface area (Å²) in [4.78, 5) is 0. The predicted molar refractivity (Wildman–Crippen MR) is 83.3 cm³/mol. The molecule has 94 valence electrons. The van der Waals surface area contributed by atoms with Crippen molar-refractivity contribution in [3.05, 3.63) is 60.2 Å². The van der Waals surface area contributed by atoms with Gasteiger partial charge in [0, 0.05) is 0 Å². The maximum absolute atomic E-state index is 5.42. The van der Waals surface area contributed by atoms with Gasteiger partial charge in [0.1, 0.15) is 5.52 Å². The normalized spacial score (nSPS) is 10.7. The minimum Gasteiger partial charge on any atom is -0.234 e. The topological polar surface area (TPSA) is 30.7 Å². The number of para-hydroxylation sites is 1. The van der Waals surface area contributed by atoms with Gasteiger partial charge in [0.15, 0.2) is 0 Å². The first kappa shape index (κ1) is 12.3. The molecule has 0 radical (unpaired) electrons. The minimum absolute atomic E-state index is 0.675. The van der Waals surface area contributed by atoms with E-state index >= 15 is 0 Å². The van der Waals surface area contributed by atoms with Crippen molar-refractivity contribution in [2.75, 3.05) is 0 Å². The van der Waals surface area contributed by atoms with Gasteiger partial charge in [-0.1, -0.05) is 71.7 Å². The van der Waals surface area contributed by atoms with Crippen LogP contribution in [0.3, 0.4) is 0 Å². The third-order valence-corrected chi connectivity index (χ3v) is 4.21. The molecule has 0 spiro atoms. The largest absolute Gasteiger partial charge is 0.234 e. The fourth-order valence-electron chi connectivity index (χ4n) is 1.79. The molecule has 2 aromatic carbocycles. The van der Waals surface area contributed by atoms with Gasteiger partial charge in [-0.05, 0) is 17.7 Å². The van der Waals surface area contributed by atoms with E-state index in [4.69, 9.17) is 12.2 Å². The molecule has 3 aromatic rings. The molecule has 3 nitrogen and oxygen atoms in total. The molecule has 1 heterocycles. The van der Waals surface area contributed by atoms with Gasteiger partial charge < -0.3 is 0 Å². The highest BCUT2D eigenvalue weighted by molar-refractivity contribution is 8.23. The number of fused-ring (bicyclic) bond motifs is 1. The lowest BCUT2D eigenvalue weighted by atomic mass is 10.2. The highest BCUT2D eigenvalue weighted by Crippen LogP contribution is 2.18. The molecule has 19 heavy (non-hydrogen) atoms. The number of hydrogen-bond donors (Lipinski definition) is 0. The lowest BCUT2D eigenvalue weighted by Crippen LogP contribution is -2.00. The molecule has 0 amide bonds. The summed E-state index contributed by atoms with van der Waals surface area (Å²) in [6.45, 7) is 0. The molecule has 0 unspecified atom stereocenters. The molecule has 0 saturated carbocycles. The lowest BCUT2D eigenvalue weighted by Gasteiger charge is -2.04. The standard InChI is InChI=1S/C14H11N3S2/c18-14(11-6-2-1-3-7-11)19-10-17-13-9-5-4-8-12(13)15-16-17/h1-9H,10H2. The van der Waals surface area contributed by atoms with E-state index in [1.165, 1.54) is 0 Å². The zero-order valence-electron chi connectivity index (χ0n) is 10.1. The summed E-state index contributed by atoms with van der Waals surface area (Å²) in [6, 6.07) is 17.9. The Bertz CT molecular complexity index is 707. The van der Waals surface area contributed by atoms with Crippen LogP contribution in [0.4, 0.5) is 0 Å². The third kappa shape index (κ3) is 2.67. The first-order valence-corrected chi connectivity index (χ1v) is 7.24. The molecule has 0 fully saturated rings. The molecule has 0 aliphatic carbocycles. The number of hydrogen-bond acceptors (Lipinski definition) is 4. The van der Waals surface area contributed by atoms with Crippen molar-refractivity contribution < 1.29 is 0 Å². The minimum atomic E-state index is 0.675. The number of aromatic nitrogens is 3. The van der Waals surface area contributed by atoms with Crippen LogP contribution in [0.5, 0.6) is 0 Å². The fourth-order valence-corrected chi connectivity index (χ4v) is 2.82. The van der Waals surface area contributed by atoms with Crippen LogP contribution in [0, 0.1) is 0 Å². The molecule has 0 bridgehead atoms. The first-order chi connectivity index (χ1) is 9.34. The summed E-state index contributed by atoms with van der Waals surface area (Å²) in [5.41, 5.74) is 3.02. The summed E-state index contributed by atoms with van der Waals surface area (Å²) in [6.07, 6.45) is 0. The van der Waals surface area contributed by atoms with Crippen molar-refractivity contribution in [2.45, 2.75) is 5.88 Å². The van der Waals surface area contributed by atoms with E-state index in [1.54, 1.807) is 11.8 Å². The predicted octanol–water partition coefficient (Wildman–Crippen LogP) is 3.50. The zero-order chi connectivity index (χ0) is 13.1.